The highest BCUT2D eigenvalue weighted by atomic mass is 35.5. The van der Waals surface area contributed by atoms with E-state index in [9.17, 15) is 8.42 Å². The third-order valence-electron chi connectivity index (χ3n) is 7.78. The smallest absolute Gasteiger partial charge is 0.215 e. The minimum atomic E-state index is -3.42. The maximum atomic E-state index is 12.6. The quantitative estimate of drug-likeness (QED) is 0.554. The van der Waals surface area contributed by atoms with Crippen LogP contribution in [0.25, 0.3) is 0 Å². The van der Waals surface area contributed by atoms with E-state index in [-0.39, 0.29) is 5.75 Å². The van der Waals surface area contributed by atoms with Gasteiger partial charge in [-0.1, -0.05) is 60.0 Å². The van der Waals surface area contributed by atoms with E-state index in [0.29, 0.717) is 38.9 Å². The summed E-state index contributed by atoms with van der Waals surface area (Å²) in [5.74, 6) is 0.346. The van der Waals surface area contributed by atoms with Crippen molar-refractivity contribution in [3.8, 4) is 0 Å². The van der Waals surface area contributed by atoms with Gasteiger partial charge in [0, 0.05) is 12.0 Å². The van der Waals surface area contributed by atoms with Gasteiger partial charge in [0.25, 0.3) is 0 Å². The van der Waals surface area contributed by atoms with E-state index in [2.05, 4.69) is 29.0 Å². The Bertz CT molecular complexity index is 1070. The molecule has 1 atom stereocenters. The molecule has 0 bridgehead atoms. The summed E-state index contributed by atoms with van der Waals surface area (Å²) >= 11 is 12.0. The molecule has 2 aromatic carbocycles. The second-order valence-corrected chi connectivity index (χ2v) is 12.0. The second kappa shape index (κ2) is 7.51. The van der Waals surface area contributed by atoms with Crippen molar-refractivity contribution in [2.75, 3.05) is 6.54 Å². The van der Waals surface area contributed by atoms with E-state index in [0.717, 1.165) is 6.42 Å². The summed E-state index contributed by atoms with van der Waals surface area (Å²) in [5, 5.41) is 0.808. The standard InChI is InChI=1S/C24H27Cl2NO2S/c25-21-7-6-17(14-22(21)26)16-30(28,29)27-13-8-18-15-23(9-3-10-23)24(11-12-24)20-5-2-1-4-19(18)20/h1-2,4-7,14,18,27H,3,8-13,15-16H2. The van der Waals surface area contributed by atoms with Crippen LogP contribution >= 0.6 is 23.2 Å². The lowest BCUT2D eigenvalue weighted by Gasteiger charge is -2.55. The molecule has 0 radical (unpaired) electrons. The van der Waals surface area contributed by atoms with E-state index in [1.807, 2.05) is 0 Å². The van der Waals surface area contributed by atoms with E-state index >= 15 is 0 Å². The Balaban J connectivity index is 1.27. The number of hydrogen-bond donors (Lipinski definition) is 1. The number of halogens is 2. The Hall–Kier alpha value is -1.07. The maximum absolute atomic E-state index is 12.6. The first-order chi connectivity index (χ1) is 14.3. The molecule has 160 valence electrons. The Morgan fingerprint density at radius 3 is 2.43 bits per heavy atom. The lowest BCUT2D eigenvalue weighted by Crippen LogP contribution is -2.46. The molecule has 3 aliphatic carbocycles. The number of benzene rings is 2. The molecule has 1 unspecified atom stereocenters. The van der Waals surface area contributed by atoms with Crippen LogP contribution in [0.5, 0.6) is 0 Å². The van der Waals surface area contributed by atoms with Crippen molar-refractivity contribution in [3.63, 3.8) is 0 Å². The van der Waals surface area contributed by atoms with Crippen molar-refractivity contribution in [1.82, 2.24) is 4.72 Å². The van der Waals surface area contributed by atoms with Crippen LogP contribution in [0.4, 0.5) is 0 Å². The van der Waals surface area contributed by atoms with Crippen molar-refractivity contribution >= 4 is 33.2 Å². The first-order valence-corrected chi connectivity index (χ1v) is 13.3. The Kier molecular flexibility index (Phi) is 5.21. The predicted octanol–water partition coefficient (Wildman–Crippen LogP) is 6.19. The fraction of sp³-hybridized carbons (Fsp3) is 0.500. The SMILES string of the molecule is O=S(=O)(Cc1ccc(Cl)c(Cl)c1)NCCC1CC2(CCC2)C2(CC2)c2ccccc21. The molecule has 3 nitrogen and oxygen atoms in total. The Morgan fingerprint density at radius 1 is 1.00 bits per heavy atom. The van der Waals surface area contributed by atoms with E-state index in [1.54, 1.807) is 23.8 Å². The molecule has 2 saturated carbocycles. The van der Waals surface area contributed by atoms with Gasteiger partial charge in [-0.3, -0.25) is 0 Å². The first-order valence-electron chi connectivity index (χ1n) is 10.8. The maximum Gasteiger partial charge on any atom is 0.215 e. The minimum absolute atomic E-state index is 0.0851. The van der Waals surface area contributed by atoms with Gasteiger partial charge < -0.3 is 0 Å². The number of fused-ring (bicyclic) bond motifs is 3. The van der Waals surface area contributed by atoms with Crippen LogP contribution < -0.4 is 4.72 Å². The normalized spacial score (nSPS) is 23.2. The molecule has 6 heteroatoms. The van der Waals surface area contributed by atoms with Crippen LogP contribution in [0.3, 0.4) is 0 Å². The highest BCUT2D eigenvalue weighted by Gasteiger charge is 2.65. The fourth-order valence-electron chi connectivity index (χ4n) is 6.11. The monoisotopic (exact) mass is 463 g/mol. The molecule has 2 spiro atoms. The highest BCUT2D eigenvalue weighted by Crippen LogP contribution is 2.73. The van der Waals surface area contributed by atoms with Gasteiger partial charge in [-0.2, -0.15) is 0 Å². The summed E-state index contributed by atoms with van der Waals surface area (Å²) in [4.78, 5) is 0. The average Bonchev–Trinajstić information content (AvgIpc) is 3.47. The molecule has 0 heterocycles. The van der Waals surface area contributed by atoms with Gasteiger partial charge in [-0.15, -0.1) is 0 Å². The molecule has 1 N–H and O–H groups in total. The Morgan fingerprint density at radius 2 is 1.77 bits per heavy atom. The van der Waals surface area contributed by atoms with Gasteiger partial charge >= 0.3 is 0 Å². The lowest BCUT2D eigenvalue weighted by molar-refractivity contribution is 0.0423. The third-order valence-corrected chi connectivity index (χ3v) is 9.88. The second-order valence-electron chi connectivity index (χ2n) is 9.39. The van der Waals surface area contributed by atoms with Gasteiger partial charge in [0.2, 0.25) is 10.0 Å². The summed E-state index contributed by atoms with van der Waals surface area (Å²) in [5.41, 5.74) is 4.54. The number of hydrogen-bond acceptors (Lipinski definition) is 2. The van der Waals surface area contributed by atoms with Crippen molar-refractivity contribution < 1.29 is 8.42 Å². The molecular weight excluding hydrogens is 437 g/mol. The van der Waals surface area contributed by atoms with E-state index in [4.69, 9.17) is 23.2 Å². The molecule has 5 rings (SSSR count). The lowest BCUT2D eigenvalue weighted by atomic mass is 9.49. The van der Waals surface area contributed by atoms with Crippen LogP contribution in [0.2, 0.25) is 10.0 Å². The topological polar surface area (TPSA) is 46.2 Å². The molecule has 2 aromatic rings. The van der Waals surface area contributed by atoms with Gasteiger partial charge in [-0.25, -0.2) is 13.1 Å². The van der Waals surface area contributed by atoms with Crippen LogP contribution in [0.1, 0.15) is 67.6 Å². The summed E-state index contributed by atoms with van der Waals surface area (Å²) in [6.07, 6.45) is 8.71. The number of nitrogens with one attached hydrogen (secondary N) is 1. The zero-order chi connectivity index (χ0) is 21.0. The largest absolute Gasteiger partial charge is 0.215 e. The predicted molar refractivity (Wildman–Crippen MR) is 123 cm³/mol. The molecular formula is C24H27Cl2NO2S. The minimum Gasteiger partial charge on any atom is -0.215 e. The van der Waals surface area contributed by atoms with Crippen molar-refractivity contribution in [3.05, 3.63) is 69.2 Å². The summed E-state index contributed by atoms with van der Waals surface area (Å²) < 4.78 is 28.0. The van der Waals surface area contributed by atoms with Gasteiger partial charge in [-0.05, 0) is 78.7 Å². The van der Waals surface area contributed by atoms with E-state index < -0.39 is 10.0 Å². The molecule has 0 aromatic heterocycles. The fourth-order valence-corrected chi connectivity index (χ4v) is 7.58. The molecule has 0 amide bonds. The van der Waals surface area contributed by atoms with Crippen molar-refractivity contribution in [1.29, 1.82) is 0 Å². The first kappa shape index (κ1) is 20.8. The highest BCUT2D eigenvalue weighted by molar-refractivity contribution is 7.88. The summed E-state index contributed by atoms with van der Waals surface area (Å²) in [6, 6.07) is 13.9. The van der Waals surface area contributed by atoms with E-state index in [1.165, 1.54) is 44.1 Å². The van der Waals surface area contributed by atoms with Gasteiger partial charge in [0.15, 0.2) is 0 Å². The van der Waals surface area contributed by atoms with Crippen LogP contribution in [-0.2, 0) is 21.2 Å². The zero-order valence-corrected chi connectivity index (χ0v) is 19.3. The van der Waals surface area contributed by atoms with Gasteiger partial charge in [0.05, 0.1) is 15.8 Å². The van der Waals surface area contributed by atoms with Crippen LogP contribution in [-0.4, -0.2) is 15.0 Å². The molecule has 0 saturated heterocycles. The molecule has 3 aliphatic rings. The van der Waals surface area contributed by atoms with Crippen molar-refractivity contribution in [2.45, 2.75) is 62.0 Å². The van der Waals surface area contributed by atoms with Gasteiger partial charge in [0.1, 0.15) is 0 Å². The third kappa shape index (κ3) is 3.50. The van der Waals surface area contributed by atoms with Crippen LogP contribution in [0, 0.1) is 5.41 Å². The molecule has 30 heavy (non-hydrogen) atoms. The number of rotatable bonds is 6. The Labute approximate surface area is 189 Å². The van der Waals surface area contributed by atoms with Crippen LogP contribution in [0.15, 0.2) is 42.5 Å². The molecule has 0 aliphatic heterocycles. The average molecular weight is 464 g/mol. The zero-order valence-electron chi connectivity index (χ0n) is 17.0. The summed E-state index contributed by atoms with van der Waals surface area (Å²) in [7, 11) is -3.42. The molecule has 2 fully saturated rings. The summed E-state index contributed by atoms with van der Waals surface area (Å²) in [6.45, 7) is 0.464. The van der Waals surface area contributed by atoms with Crippen molar-refractivity contribution in [2.24, 2.45) is 5.41 Å². The number of sulfonamides is 1.